The Bertz CT molecular complexity index is 1060. The number of hydrogen-bond acceptors (Lipinski definition) is 5. The molecule has 0 aliphatic heterocycles. The molecule has 1 amide bonds. The maximum Gasteiger partial charge on any atom is 0.274 e. The Balaban J connectivity index is 1.85. The van der Waals surface area contributed by atoms with E-state index >= 15 is 0 Å². The molecule has 0 saturated heterocycles. The van der Waals surface area contributed by atoms with E-state index in [-0.39, 0.29) is 11.6 Å². The highest BCUT2D eigenvalue weighted by molar-refractivity contribution is 6.03. The summed E-state index contributed by atoms with van der Waals surface area (Å²) in [6, 6.07) is 14.5. The molecule has 2 N–H and O–H groups in total. The van der Waals surface area contributed by atoms with Gasteiger partial charge in [0.25, 0.3) is 5.91 Å². The number of nitriles is 1. The van der Waals surface area contributed by atoms with Crippen molar-refractivity contribution in [1.82, 2.24) is 9.97 Å². The van der Waals surface area contributed by atoms with Crippen LogP contribution in [0, 0.1) is 39.0 Å². The van der Waals surface area contributed by atoms with Crippen LogP contribution in [-0.2, 0) is 0 Å². The average molecular weight is 371 g/mol. The van der Waals surface area contributed by atoms with Crippen LogP contribution in [-0.4, -0.2) is 15.9 Å². The molecule has 3 rings (SSSR count). The van der Waals surface area contributed by atoms with Crippen LogP contribution >= 0.6 is 0 Å². The molecule has 2 aromatic carbocycles. The van der Waals surface area contributed by atoms with Crippen molar-refractivity contribution in [2.75, 3.05) is 10.6 Å². The number of rotatable bonds is 4. The average Bonchev–Trinajstić information content (AvgIpc) is 2.65. The van der Waals surface area contributed by atoms with Gasteiger partial charge in [-0.3, -0.25) is 4.79 Å². The van der Waals surface area contributed by atoms with Crippen molar-refractivity contribution >= 4 is 23.2 Å². The molecular formula is C22H21N5O. The maximum atomic E-state index is 12.6. The second kappa shape index (κ2) is 7.89. The third-order valence-corrected chi connectivity index (χ3v) is 4.27. The van der Waals surface area contributed by atoms with Crippen molar-refractivity contribution in [3.8, 4) is 6.07 Å². The Labute approximate surface area is 164 Å². The van der Waals surface area contributed by atoms with Crippen molar-refractivity contribution in [3.05, 3.63) is 76.1 Å². The lowest BCUT2D eigenvalue weighted by molar-refractivity contribution is 0.102. The zero-order valence-corrected chi connectivity index (χ0v) is 16.3. The molecule has 1 heterocycles. The highest BCUT2D eigenvalue weighted by Crippen LogP contribution is 2.24. The number of nitrogens with zero attached hydrogens (tertiary/aromatic N) is 3. The SMILES string of the molecule is Cc1cc(C)c(Nc2nc(C)cc(C(=O)Nc3ccc(C#N)cc3)n2)c(C)c1. The van der Waals surface area contributed by atoms with Gasteiger partial charge in [-0.2, -0.15) is 5.26 Å². The topological polar surface area (TPSA) is 90.7 Å². The lowest BCUT2D eigenvalue weighted by Gasteiger charge is -2.14. The number of anilines is 3. The first-order valence-electron chi connectivity index (χ1n) is 8.88. The van der Waals surface area contributed by atoms with Gasteiger partial charge in [-0.05, 0) is 69.2 Å². The minimum Gasteiger partial charge on any atom is -0.324 e. The summed E-state index contributed by atoms with van der Waals surface area (Å²) in [5.41, 5.74) is 6.39. The van der Waals surface area contributed by atoms with E-state index in [4.69, 9.17) is 5.26 Å². The highest BCUT2D eigenvalue weighted by atomic mass is 16.1. The van der Waals surface area contributed by atoms with Gasteiger partial charge in [-0.1, -0.05) is 17.7 Å². The van der Waals surface area contributed by atoms with Gasteiger partial charge in [0.05, 0.1) is 11.6 Å². The summed E-state index contributed by atoms with van der Waals surface area (Å²) in [5.74, 6) is 0.0376. The minimum atomic E-state index is -0.337. The first kappa shape index (κ1) is 19.1. The Morgan fingerprint density at radius 1 is 0.964 bits per heavy atom. The van der Waals surface area contributed by atoms with Crippen LogP contribution in [0.2, 0.25) is 0 Å². The molecule has 0 bridgehead atoms. The summed E-state index contributed by atoms with van der Waals surface area (Å²) < 4.78 is 0. The van der Waals surface area contributed by atoms with E-state index < -0.39 is 0 Å². The zero-order valence-electron chi connectivity index (χ0n) is 16.3. The lowest BCUT2D eigenvalue weighted by atomic mass is 10.1. The number of hydrogen-bond donors (Lipinski definition) is 2. The molecule has 0 aliphatic carbocycles. The molecule has 6 nitrogen and oxygen atoms in total. The molecule has 140 valence electrons. The normalized spacial score (nSPS) is 10.2. The minimum absolute atomic E-state index is 0.266. The summed E-state index contributed by atoms with van der Waals surface area (Å²) in [6.07, 6.45) is 0. The van der Waals surface area contributed by atoms with E-state index in [0.29, 0.717) is 22.9 Å². The smallest absolute Gasteiger partial charge is 0.274 e. The van der Waals surface area contributed by atoms with E-state index in [1.165, 1.54) is 5.56 Å². The quantitative estimate of drug-likeness (QED) is 0.700. The van der Waals surface area contributed by atoms with Crippen molar-refractivity contribution in [2.45, 2.75) is 27.7 Å². The number of aryl methyl sites for hydroxylation is 4. The number of amides is 1. The summed E-state index contributed by atoms with van der Waals surface area (Å²) in [4.78, 5) is 21.4. The fraction of sp³-hybridized carbons (Fsp3) is 0.182. The van der Waals surface area contributed by atoms with Gasteiger partial charge >= 0.3 is 0 Å². The third kappa shape index (κ3) is 4.33. The molecule has 0 spiro atoms. The second-order valence-corrected chi connectivity index (χ2v) is 6.76. The predicted molar refractivity (Wildman–Crippen MR) is 110 cm³/mol. The monoisotopic (exact) mass is 371 g/mol. The van der Waals surface area contributed by atoms with E-state index in [1.54, 1.807) is 30.3 Å². The first-order chi connectivity index (χ1) is 13.4. The van der Waals surface area contributed by atoms with Crippen LogP contribution in [0.5, 0.6) is 0 Å². The van der Waals surface area contributed by atoms with E-state index in [9.17, 15) is 4.79 Å². The van der Waals surface area contributed by atoms with Crippen molar-refractivity contribution in [2.24, 2.45) is 0 Å². The van der Waals surface area contributed by atoms with Crippen molar-refractivity contribution in [3.63, 3.8) is 0 Å². The molecule has 0 radical (unpaired) electrons. The predicted octanol–water partition coefficient (Wildman–Crippen LogP) is 4.58. The largest absolute Gasteiger partial charge is 0.324 e. The van der Waals surface area contributed by atoms with Crippen LogP contribution in [0.1, 0.15) is 38.4 Å². The number of benzene rings is 2. The molecule has 0 aliphatic rings. The Hall–Kier alpha value is -3.72. The van der Waals surface area contributed by atoms with E-state index in [0.717, 1.165) is 16.8 Å². The summed E-state index contributed by atoms with van der Waals surface area (Å²) in [7, 11) is 0. The number of aromatic nitrogens is 2. The third-order valence-electron chi connectivity index (χ3n) is 4.27. The van der Waals surface area contributed by atoms with Crippen molar-refractivity contribution in [1.29, 1.82) is 5.26 Å². The van der Waals surface area contributed by atoms with Gasteiger partial charge in [-0.15, -0.1) is 0 Å². The molecule has 0 saturated carbocycles. The molecular weight excluding hydrogens is 350 g/mol. The Morgan fingerprint density at radius 3 is 2.21 bits per heavy atom. The number of carbonyl (C=O) groups excluding carboxylic acids is 1. The molecule has 28 heavy (non-hydrogen) atoms. The number of carbonyl (C=O) groups is 1. The van der Waals surface area contributed by atoms with Crippen molar-refractivity contribution < 1.29 is 4.79 Å². The Morgan fingerprint density at radius 2 is 1.61 bits per heavy atom. The van der Waals surface area contributed by atoms with Crippen LogP contribution < -0.4 is 10.6 Å². The zero-order chi connectivity index (χ0) is 20.3. The summed E-state index contributed by atoms with van der Waals surface area (Å²) >= 11 is 0. The molecule has 3 aromatic rings. The molecule has 0 unspecified atom stereocenters. The maximum absolute atomic E-state index is 12.6. The molecule has 6 heteroatoms. The fourth-order valence-electron chi connectivity index (χ4n) is 3.05. The van der Waals surface area contributed by atoms with Gasteiger partial charge in [0.15, 0.2) is 0 Å². The highest BCUT2D eigenvalue weighted by Gasteiger charge is 2.13. The van der Waals surface area contributed by atoms with Gasteiger partial charge in [0.2, 0.25) is 5.95 Å². The van der Waals surface area contributed by atoms with Gasteiger partial charge in [0.1, 0.15) is 5.69 Å². The second-order valence-electron chi connectivity index (χ2n) is 6.76. The number of nitrogens with one attached hydrogen (secondary N) is 2. The summed E-state index contributed by atoms with van der Waals surface area (Å²) in [5, 5.41) is 14.9. The molecule has 1 aromatic heterocycles. The Kier molecular flexibility index (Phi) is 5.37. The van der Waals surface area contributed by atoms with Gasteiger partial charge in [-0.25, -0.2) is 9.97 Å². The molecule has 0 atom stereocenters. The van der Waals surface area contributed by atoms with Crippen LogP contribution in [0.4, 0.5) is 17.3 Å². The van der Waals surface area contributed by atoms with Crippen LogP contribution in [0.15, 0.2) is 42.5 Å². The van der Waals surface area contributed by atoms with Crippen LogP contribution in [0.3, 0.4) is 0 Å². The standard InChI is InChI=1S/C22H21N5O/c1-13-9-14(2)20(15(3)10-13)27-22-24-16(4)11-19(26-22)21(28)25-18-7-5-17(12-23)6-8-18/h5-11H,1-4H3,(H,25,28)(H,24,26,27). The van der Waals surface area contributed by atoms with E-state index in [2.05, 4.69) is 39.7 Å². The van der Waals surface area contributed by atoms with Crippen LogP contribution in [0.25, 0.3) is 0 Å². The molecule has 0 fully saturated rings. The van der Waals surface area contributed by atoms with E-state index in [1.807, 2.05) is 26.8 Å². The summed E-state index contributed by atoms with van der Waals surface area (Å²) in [6.45, 7) is 7.92. The first-order valence-corrected chi connectivity index (χ1v) is 8.88. The van der Waals surface area contributed by atoms with Gasteiger partial charge in [0, 0.05) is 17.1 Å². The lowest BCUT2D eigenvalue weighted by Crippen LogP contribution is -2.15. The fourth-order valence-corrected chi connectivity index (χ4v) is 3.05. The van der Waals surface area contributed by atoms with Gasteiger partial charge < -0.3 is 10.6 Å².